The summed E-state index contributed by atoms with van der Waals surface area (Å²) >= 11 is 0. The number of nitrogens with zero attached hydrogens (tertiary/aromatic N) is 3. The highest BCUT2D eigenvalue weighted by Crippen LogP contribution is 2.29. The van der Waals surface area contributed by atoms with E-state index in [4.69, 9.17) is 0 Å². The van der Waals surface area contributed by atoms with Crippen LogP contribution < -0.4 is 4.68 Å². The van der Waals surface area contributed by atoms with E-state index in [1.807, 2.05) is 22.9 Å². The molecule has 2 heterocycles. The third kappa shape index (κ3) is 4.32. The molecule has 2 aromatic rings. The van der Waals surface area contributed by atoms with Crippen LogP contribution in [0.4, 0.5) is 17.3 Å². The van der Waals surface area contributed by atoms with Crippen LogP contribution in [0.5, 0.6) is 0 Å². The Morgan fingerprint density at radius 2 is 1.77 bits per heavy atom. The van der Waals surface area contributed by atoms with Crippen molar-refractivity contribution in [1.29, 1.82) is 0 Å². The second-order valence-electron chi connectivity index (χ2n) is 5.56. The third-order valence-electron chi connectivity index (χ3n) is 3.57. The normalized spacial score (nSPS) is 17.1. The standard InChI is InChI=1S/C14H18N3.BF4/c1-11(2)13-8-9-14-15-17(10-16(13)14)12-6-4-3-5-7-12;2-1(3,4)5/h3-7,10-11,13H,8-9H2,1-2H3;/q+1;-1. The molecule has 0 saturated heterocycles. The van der Waals surface area contributed by atoms with Gasteiger partial charge in [0.15, 0.2) is 5.69 Å². The first-order valence-corrected chi connectivity index (χ1v) is 7.18. The molecule has 1 aliphatic heterocycles. The minimum atomic E-state index is -6.00. The molecule has 1 unspecified atom stereocenters. The zero-order valence-electron chi connectivity index (χ0n) is 12.5. The van der Waals surface area contributed by atoms with E-state index in [0.29, 0.717) is 12.0 Å². The Morgan fingerprint density at radius 3 is 2.32 bits per heavy atom. The number of hydrogen-bond donors (Lipinski definition) is 0. The Kier molecular flexibility index (Phi) is 4.88. The summed E-state index contributed by atoms with van der Waals surface area (Å²) < 4.78 is 43.3. The van der Waals surface area contributed by atoms with Crippen molar-refractivity contribution in [2.24, 2.45) is 5.92 Å². The highest BCUT2D eigenvalue weighted by atomic mass is 19.5. The summed E-state index contributed by atoms with van der Waals surface area (Å²) in [7, 11) is -6.00. The third-order valence-corrected chi connectivity index (χ3v) is 3.57. The lowest BCUT2D eigenvalue weighted by atomic mass is 10.0. The van der Waals surface area contributed by atoms with Gasteiger partial charge >= 0.3 is 7.25 Å². The van der Waals surface area contributed by atoms with Crippen molar-refractivity contribution in [3.63, 3.8) is 0 Å². The maximum Gasteiger partial charge on any atom is 0.673 e. The highest BCUT2D eigenvalue weighted by molar-refractivity contribution is 6.50. The zero-order chi connectivity index (χ0) is 16.3. The molecule has 1 atom stereocenters. The predicted molar refractivity (Wildman–Crippen MR) is 76.1 cm³/mol. The summed E-state index contributed by atoms with van der Waals surface area (Å²) in [6, 6.07) is 10.9. The molecule has 8 heteroatoms. The van der Waals surface area contributed by atoms with Gasteiger partial charge in [0.1, 0.15) is 6.04 Å². The molecule has 1 aromatic carbocycles. The zero-order valence-corrected chi connectivity index (χ0v) is 12.5. The second-order valence-corrected chi connectivity index (χ2v) is 5.56. The highest BCUT2D eigenvalue weighted by Gasteiger charge is 2.33. The minimum Gasteiger partial charge on any atom is -0.418 e. The lowest BCUT2D eigenvalue weighted by Crippen LogP contribution is -2.32. The molecule has 120 valence electrons. The molecule has 0 radical (unpaired) electrons. The van der Waals surface area contributed by atoms with Crippen LogP contribution in [-0.4, -0.2) is 16.9 Å². The van der Waals surface area contributed by atoms with E-state index < -0.39 is 7.25 Å². The SMILES string of the molecule is CC(C)C1CCc2n[n+](-c3ccccc3)cn21.F[B-](F)(F)F. The molecular formula is C14H18BF4N3. The van der Waals surface area contributed by atoms with Crippen LogP contribution in [0.25, 0.3) is 5.69 Å². The predicted octanol–water partition coefficient (Wildman–Crippen LogP) is 3.60. The van der Waals surface area contributed by atoms with Gasteiger partial charge in [-0.2, -0.15) is 0 Å². The van der Waals surface area contributed by atoms with Gasteiger partial charge in [0, 0.05) is 6.42 Å². The van der Waals surface area contributed by atoms with Crippen LogP contribution in [0, 0.1) is 5.92 Å². The Morgan fingerprint density at radius 1 is 1.18 bits per heavy atom. The Labute approximate surface area is 126 Å². The smallest absolute Gasteiger partial charge is 0.418 e. The van der Waals surface area contributed by atoms with Crippen molar-refractivity contribution >= 4 is 7.25 Å². The first-order chi connectivity index (χ1) is 10.3. The monoisotopic (exact) mass is 315 g/mol. The summed E-state index contributed by atoms with van der Waals surface area (Å²) in [6.07, 6.45) is 4.47. The van der Waals surface area contributed by atoms with Gasteiger partial charge in [0.05, 0.1) is 0 Å². The number of fused-ring (bicyclic) bond motifs is 1. The van der Waals surface area contributed by atoms with Crippen LogP contribution in [0.1, 0.15) is 32.1 Å². The lowest BCUT2D eigenvalue weighted by molar-refractivity contribution is -0.658. The van der Waals surface area contributed by atoms with Crippen molar-refractivity contribution in [3.05, 3.63) is 42.5 Å². The topological polar surface area (TPSA) is 21.7 Å². The van der Waals surface area contributed by atoms with Gasteiger partial charge in [-0.05, 0) is 29.6 Å². The van der Waals surface area contributed by atoms with E-state index in [0.717, 1.165) is 12.1 Å². The number of rotatable bonds is 2. The largest absolute Gasteiger partial charge is 0.673 e. The second kappa shape index (κ2) is 6.50. The van der Waals surface area contributed by atoms with E-state index in [9.17, 15) is 17.3 Å². The molecule has 0 amide bonds. The fraction of sp³-hybridized carbons (Fsp3) is 0.429. The van der Waals surface area contributed by atoms with Crippen molar-refractivity contribution in [1.82, 2.24) is 9.67 Å². The van der Waals surface area contributed by atoms with Gasteiger partial charge in [-0.15, -0.1) is 4.68 Å². The number of benzene rings is 1. The molecule has 0 bridgehead atoms. The van der Waals surface area contributed by atoms with Crippen molar-refractivity contribution in [2.75, 3.05) is 0 Å². The van der Waals surface area contributed by atoms with Crippen molar-refractivity contribution < 1.29 is 21.9 Å². The maximum absolute atomic E-state index is 9.75. The molecule has 22 heavy (non-hydrogen) atoms. The molecule has 1 aromatic heterocycles. The summed E-state index contributed by atoms with van der Waals surface area (Å²) in [6.45, 7) is 4.57. The Balaban J connectivity index is 0.000000309. The average molecular weight is 315 g/mol. The molecule has 0 fully saturated rings. The number of aromatic nitrogens is 3. The van der Waals surface area contributed by atoms with E-state index >= 15 is 0 Å². The van der Waals surface area contributed by atoms with Gasteiger partial charge in [-0.3, -0.25) is 0 Å². The first-order valence-electron chi connectivity index (χ1n) is 7.18. The quantitative estimate of drug-likeness (QED) is 0.471. The number of hydrogen-bond acceptors (Lipinski definition) is 1. The number of halogens is 4. The summed E-state index contributed by atoms with van der Waals surface area (Å²) in [5, 5.41) is 4.67. The average Bonchev–Trinajstić information content (AvgIpc) is 2.96. The van der Waals surface area contributed by atoms with E-state index in [1.165, 1.54) is 12.2 Å². The molecule has 0 spiro atoms. The summed E-state index contributed by atoms with van der Waals surface area (Å²) in [5.41, 5.74) is 1.14. The van der Waals surface area contributed by atoms with E-state index in [-0.39, 0.29) is 0 Å². The minimum absolute atomic E-state index is 0.613. The van der Waals surface area contributed by atoms with Crippen LogP contribution in [0.3, 0.4) is 0 Å². The molecule has 0 aliphatic carbocycles. The van der Waals surface area contributed by atoms with Gasteiger partial charge in [-0.1, -0.05) is 32.0 Å². The van der Waals surface area contributed by atoms with Gasteiger partial charge in [0.2, 0.25) is 5.82 Å². The molecule has 0 saturated carbocycles. The molecule has 3 rings (SSSR count). The Hall–Kier alpha value is -1.86. The van der Waals surface area contributed by atoms with E-state index in [1.54, 1.807) is 0 Å². The van der Waals surface area contributed by atoms with Crippen molar-refractivity contribution in [3.8, 4) is 5.69 Å². The van der Waals surface area contributed by atoms with Crippen LogP contribution in [-0.2, 0) is 6.42 Å². The van der Waals surface area contributed by atoms with Crippen LogP contribution >= 0.6 is 0 Å². The Bertz CT molecular complexity index is 604. The molecule has 1 aliphatic rings. The van der Waals surface area contributed by atoms with Gasteiger partial charge in [-0.25, -0.2) is 4.57 Å². The lowest BCUT2D eigenvalue weighted by Gasteiger charge is -2.10. The number of aryl methyl sites for hydroxylation is 1. The van der Waals surface area contributed by atoms with E-state index in [2.05, 4.69) is 42.0 Å². The fourth-order valence-electron chi connectivity index (χ4n) is 2.62. The van der Waals surface area contributed by atoms with Gasteiger partial charge in [0.25, 0.3) is 6.33 Å². The van der Waals surface area contributed by atoms with Crippen LogP contribution in [0.15, 0.2) is 36.7 Å². The molecule has 0 N–H and O–H groups in total. The van der Waals surface area contributed by atoms with Gasteiger partial charge < -0.3 is 17.3 Å². The summed E-state index contributed by atoms with van der Waals surface area (Å²) in [5.74, 6) is 1.89. The molecular weight excluding hydrogens is 297 g/mol. The van der Waals surface area contributed by atoms with Crippen molar-refractivity contribution in [2.45, 2.75) is 32.7 Å². The number of para-hydroxylation sites is 1. The fourth-order valence-corrected chi connectivity index (χ4v) is 2.62. The molecule has 3 nitrogen and oxygen atoms in total. The summed E-state index contributed by atoms with van der Waals surface area (Å²) in [4.78, 5) is 0. The maximum atomic E-state index is 9.75. The van der Waals surface area contributed by atoms with Crippen LogP contribution in [0.2, 0.25) is 0 Å². The first kappa shape index (κ1) is 16.5.